The molecule has 290 valence electrons. The molecule has 16 nitrogen and oxygen atoms in total. The van der Waals surface area contributed by atoms with E-state index in [4.69, 9.17) is 25.7 Å². The quantitative estimate of drug-likeness (QED) is 0.130. The Hall–Kier alpha value is -5.36. The van der Waals surface area contributed by atoms with Gasteiger partial charge >= 0.3 is 18.0 Å². The minimum atomic E-state index is -1.41. The lowest BCUT2D eigenvalue weighted by Crippen LogP contribution is -2.53. The van der Waals surface area contributed by atoms with E-state index in [1.54, 1.807) is 9.47 Å². The number of amides is 2. The number of carboxylic acid groups (broad SMARTS) is 1. The maximum atomic E-state index is 15.7. The summed E-state index contributed by atoms with van der Waals surface area (Å²) < 4.78 is 49.9. The molecule has 3 fully saturated rings. The zero-order valence-corrected chi connectivity index (χ0v) is 29.7. The number of esters is 1. The van der Waals surface area contributed by atoms with Gasteiger partial charge in [-0.3, -0.25) is 19.3 Å². The van der Waals surface area contributed by atoms with Crippen molar-refractivity contribution in [1.82, 2.24) is 14.9 Å². The lowest BCUT2D eigenvalue weighted by atomic mass is 9.91. The summed E-state index contributed by atoms with van der Waals surface area (Å²) in [6.07, 6.45) is 3.27. The normalized spacial score (nSPS) is 18.7. The van der Waals surface area contributed by atoms with Gasteiger partial charge in [-0.1, -0.05) is 6.42 Å². The lowest BCUT2D eigenvalue weighted by Gasteiger charge is -2.41. The third kappa shape index (κ3) is 8.38. The first-order chi connectivity index (χ1) is 25.8. The van der Waals surface area contributed by atoms with Crippen LogP contribution in [-0.4, -0.2) is 95.7 Å². The number of pyridine rings is 2. The molecule has 18 heteroatoms. The molecular formula is C36H43F2N7O9. The van der Waals surface area contributed by atoms with Crippen molar-refractivity contribution in [1.29, 1.82) is 0 Å². The van der Waals surface area contributed by atoms with E-state index in [1.165, 1.54) is 30.2 Å². The van der Waals surface area contributed by atoms with Crippen LogP contribution in [0, 0.1) is 11.6 Å². The van der Waals surface area contributed by atoms with Gasteiger partial charge in [0.2, 0.25) is 11.3 Å². The number of nitrogens with two attached hydrogens (primary N) is 2. The second-order valence-electron chi connectivity index (χ2n) is 13.9. The summed E-state index contributed by atoms with van der Waals surface area (Å²) in [5.41, 5.74) is 9.52. The maximum absolute atomic E-state index is 15.7. The molecule has 2 atom stereocenters. The molecule has 2 saturated heterocycles. The van der Waals surface area contributed by atoms with E-state index in [0.29, 0.717) is 25.8 Å². The van der Waals surface area contributed by atoms with Gasteiger partial charge in [0.1, 0.15) is 35.6 Å². The number of aromatic carboxylic acids is 1. The first-order valence-corrected chi connectivity index (χ1v) is 17.9. The average molecular weight is 756 g/mol. The van der Waals surface area contributed by atoms with Gasteiger partial charge < -0.3 is 45.6 Å². The number of anilines is 2. The fourth-order valence-electron chi connectivity index (χ4n) is 6.64. The highest BCUT2D eigenvalue weighted by Gasteiger charge is 2.42. The molecule has 6 N–H and O–H groups in total. The largest absolute Gasteiger partial charge is 0.486 e. The maximum Gasteiger partial charge on any atom is 0.414 e. The number of halogens is 2. The van der Waals surface area contributed by atoms with E-state index in [-0.39, 0.29) is 85.9 Å². The van der Waals surface area contributed by atoms with Gasteiger partial charge in [-0.25, -0.2) is 23.4 Å². The molecule has 3 aromatic rings. The highest BCUT2D eigenvalue weighted by Crippen LogP contribution is 2.38. The van der Waals surface area contributed by atoms with Crippen molar-refractivity contribution in [3.8, 4) is 5.75 Å². The summed E-state index contributed by atoms with van der Waals surface area (Å²) >= 11 is 0. The highest BCUT2D eigenvalue weighted by atomic mass is 19.1. The number of rotatable bonds is 15. The van der Waals surface area contributed by atoms with Gasteiger partial charge in [-0.15, -0.1) is 0 Å². The number of nitrogens with zero attached hydrogens (tertiary/aromatic N) is 4. The monoisotopic (exact) mass is 755 g/mol. The molecule has 4 heterocycles. The van der Waals surface area contributed by atoms with Crippen molar-refractivity contribution >= 4 is 46.5 Å². The van der Waals surface area contributed by atoms with Crippen LogP contribution in [0.1, 0.15) is 68.3 Å². The molecule has 0 spiro atoms. The fraction of sp³-hybridized carbons (Fsp3) is 0.500. The van der Waals surface area contributed by atoms with Gasteiger partial charge in [0, 0.05) is 51.2 Å². The molecule has 2 aromatic heterocycles. The van der Waals surface area contributed by atoms with Gasteiger partial charge in [0.15, 0.2) is 23.2 Å². The van der Waals surface area contributed by atoms with Gasteiger partial charge in [0.05, 0.1) is 24.2 Å². The Kier molecular flexibility index (Phi) is 11.3. The summed E-state index contributed by atoms with van der Waals surface area (Å²) in [4.78, 5) is 69.1. The highest BCUT2D eigenvalue weighted by molar-refractivity contribution is 5.92. The number of carboxylic acids is 1. The van der Waals surface area contributed by atoms with Crippen LogP contribution in [-0.2, 0) is 19.1 Å². The summed E-state index contributed by atoms with van der Waals surface area (Å²) in [7, 11) is 0. The predicted molar refractivity (Wildman–Crippen MR) is 191 cm³/mol. The minimum absolute atomic E-state index is 0.0555. The number of cyclic esters (lactones) is 1. The number of aromatic nitrogens is 2. The van der Waals surface area contributed by atoms with Gasteiger partial charge in [-0.2, -0.15) is 0 Å². The second kappa shape index (κ2) is 15.9. The Balaban J connectivity index is 1.20. The van der Waals surface area contributed by atoms with E-state index < -0.39 is 58.4 Å². The molecule has 1 aliphatic carbocycles. The molecule has 2 aliphatic heterocycles. The van der Waals surface area contributed by atoms with Crippen LogP contribution in [0.2, 0.25) is 0 Å². The van der Waals surface area contributed by atoms with Crippen LogP contribution in [0.3, 0.4) is 0 Å². The number of fused-ring (bicyclic) bond motifs is 1. The Morgan fingerprint density at radius 1 is 1.13 bits per heavy atom. The number of carbonyl (C=O) groups is 4. The molecule has 1 saturated carbocycles. The Bertz CT molecular complexity index is 2000. The Morgan fingerprint density at radius 2 is 1.87 bits per heavy atom. The first-order valence-electron chi connectivity index (χ1n) is 17.9. The first kappa shape index (κ1) is 38.4. The number of piperidine rings is 1. The molecule has 6 rings (SSSR count). The predicted octanol–water partition coefficient (Wildman–Crippen LogP) is 2.59. The van der Waals surface area contributed by atoms with Crippen molar-refractivity contribution in [2.75, 3.05) is 49.1 Å². The molecule has 54 heavy (non-hydrogen) atoms. The molecule has 1 aromatic carbocycles. The van der Waals surface area contributed by atoms with Crippen molar-refractivity contribution in [3.05, 3.63) is 57.9 Å². The van der Waals surface area contributed by atoms with E-state index in [0.717, 1.165) is 25.0 Å². The zero-order valence-electron chi connectivity index (χ0n) is 29.7. The van der Waals surface area contributed by atoms with Crippen LogP contribution in [0.25, 0.3) is 11.0 Å². The molecule has 0 radical (unpaired) electrons. The fourth-order valence-corrected chi connectivity index (χ4v) is 6.64. The molecule has 0 bridgehead atoms. The number of hydrogen-bond acceptors (Lipinski definition) is 12. The number of nitrogens with one attached hydrogen (secondary N) is 1. The minimum Gasteiger partial charge on any atom is -0.486 e. The van der Waals surface area contributed by atoms with E-state index >= 15 is 8.78 Å². The molecule has 2 amide bonds. The SMILES string of the molecule is CC(=O)NC[C@H]1CN(c2ccc(OCC3(OC(=O)C(N)CCCCN)CCN(c4nc5c(cc4F)c(=O)c(C(=O)O)cn5C4CC4)CC3)c(F)c2)C(=O)O1. The van der Waals surface area contributed by atoms with Crippen LogP contribution in [0.4, 0.5) is 25.1 Å². The summed E-state index contributed by atoms with van der Waals surface area (Å²) in [5, 5.41) is 12.0. The average Bonchev–Trinajstić information content (AvgIpc) is 3.91. The lowest BCUT2D eigenvalue weighted by molar-refractivity contribution is -0.168. The molecular weight excluding hydrogens is 712 g/mol. The van der Waals surface area contributed by atoms with Gasteiger partial charge in [0.25, 0.3) is 0 Å². The van der Waals surface area contributed by atoms with Crippen LogP contribution in [0.15, 0.2) is 35.3 Å². The molecule has 1 unspecified atom stereocenters. The number of unbranched alkanes of at least 4 members (excludes halogenated alkanes) is 1. The number of hydrogen-bond donors (Lipinski definition) is 4. The Labute approximate surface area is 308 Å². The number of carbonyl (C=O) groups excluding carboxylic acids is 3. The van der Waals surface area contributed by atoms with Crippen molar-refractivity contribution < 1.29 is 47.3 Å². The summed E-state index contributed by atoms with van der Waals surface area (Å²) in [5.74, 6) is -4.22. The van der Waals surface area contributed by atoms with E-state index in [1.807, 2.05) is 0 Å². The van der Waals surface area contributed by atoms with Crippen LogP contribution in [0.5, 0.6) is 5.75 Å². The van der Waals surface area contributed by atoms with Crippen molar-refractivity contribution in [3.63, 3.8) is 0 Å². The third-order valence-corrected chi connectivity index (χ3v) is 9.84. The Morgan fingerprint density at radius 3 is 2.52 bits per heavy atom. The van der Waals surface area contributed by atoms with Crippen LogP contribution < -0.4 is 36.7 Å². The number of ether oxygens (including phenoxy) is 3. The topological polar surface area (TPSA) is 222 Å². The molecule has 3 aliphatic rings. The summed E-state index contributed by atoms with van der Waals surface area (Å²) in [6, 6.07) is 3.92. The number of benzene rings is 1. The zero-order chi connectivity index (χ0) is 38.7. The van der Waals surface area contributed by atoms with Crippen molar-refractivity contribution in [2.45, 2.75) is 75.7 Å². The van der Waals surface area contributed by atoms with Crippen molar-refractivity contribution in [2.24, 2.45) is 11.5 Å². The smallest absolute Gasteiger partial charge is 0.414 e. The second-order valence-corrected chi connectivity index (χ2v) is 13.9. The summed E-state index contributed by atoms with van der Waals surface area (Å²) in [6.45, 7) is 1.93. The van der Waals surface area contributed by atoms with E-state index in [2.05, 4.69) is 10.3 Å². The van der Waals surface area contributed by atoms with E-state index in [9.17, 15) is 29.1 Å². The third-order valence-electron chi connectivity index (χ3n) is 9.84. The standard InChI is InChI=1S/C36H43F2N7O9/c1-20(46)41-16-23-17-45(35(51)53-23)22-7-8-29(26(37)14-22)52-19-36(54-34(50)28(40)4-2-3-11-39)9-12-43(13-10-36)32-27(38)15-24-30(47)25(33(48)49)18-44(21-5-6-21)31(24)42-32/h7-8,14-15,18,21,23,28H,2-6,9-13,16-17,19,39-40H2,1H3,(H,41,46)(H,48,49)/t23-,28?/m0/s1. The van der Waals surface area contributed by atoms with Gasteiger partial charge in [-0.05, 0) is 50.4 Å². The van der Waals surface area contributed by atoms with Crippen LogP contribution >= 0.6 is 0 Å².